The molecule has 1 aromatic heterocycles. The fourth-order valence-corrected chi connectivity index (χ4v) is 4.29. The Morgan fingerprint density at radius 3 is 2.58 bits per heavy atom. The van der Waals surface area contributed by atoms with Crippen molar-refractivity contribution in [1.82, 2.24) is 14.5 Å². The quantitative estimate of drug-likeness (QED) is 0.656. The van der Waals surface area contributed by atoms with E-state index < -0.39 is 6.10 Å². The van der Waals surface area contributed by atoms with Gasteiger partial charge in [0.05, 0.1) is 17.6 Å². The number of fused-ring (bicyclic) bond motifs is 1. The zero-order valence-corrected chi connectivity index (χ0v) is 18.7. The van der Waals surface area contributed by atoms with Crippen LogP contribution >= 0.6 is 0 Å². The molecule has 6 nitrogen and oxygen atoms in total. The van der Waals surface area contributed by atoms with Crippen LogP contribution in [-0.2, 0) is 11.3 Å². The second-order valence-corrected chi connectivity index (χ2v) is 9.38. The third-order valence-corrected chi connectivity index (χ3v) is 5.90. The number of carbonyl (C=O) groups is 1. The average Bonchev–Trinajstić information content (AvgIpc) is 3.28. The Bertz CT molecular complexity index is 1080. The normalized spacial score (nSPS) is 18.0. The molecule has 1 amide bonds. The standard InChI is InChI=1S/C25H31N3O3/c1-17-9-5-8-12-22(17)31-16-19(29)15-27-21-11-7-6-10-20(21)26-24(27)18-13-23(30)28(14-18)25(2,3)4/h5-12,18-19,29H,13-16H2,1-4H3/t18-,19+/m1/s1. The summed E-state index contributed by atoms with van der Waals surface area (Å²) in [7, 11) is 0. The lowest BCUT2D eigenvalue weighted by molar-refractivity contribution is -0.131. The maximum Gasteiger partial charge on any atom is 0.223 e. The summed E-state index contributed by atoms with van der Waals surface area (Å²) in [4.78, 5) is 19.5. The van der Waals surface area contributed by atoms with Gasteiger partial charge in [0.2, 0.25) is 5.91 Å². The molecule has 1 fully saturated rings. The van der Waals surface area contributed by atoms with Gasteiger partial charge < -0.3 is 19.3 Å². The molecule has 0 aliphatic carbocycles. The Hall–Kier alpha value is -2.86. The second kappa shape index (κ2) is 8.35. The fraction of sp³-hybridized carbons (Fsp3) is 0.440. The van der Waals surface area contributed by atoms with Gasteiger partial charge in [0.1, 0.15) is 24.3 Å². The van der Waals surface area contributed by atoms with E-state index in [9.17, 15) is 9.90 Å². The van der Waals surface area contributed by atoms with E-state index in [4.69, 9.17) is 9.72 Å². The van der Waals surface area contributed by atoms with Crippen molar-refractivity contribution < 1.29 is 14.6 Å². The van der Waals surface area contributed by atoms with E-state index in [1.54, 1.807) is 0 Å². The number of ether oxygens (including phenoxy) is 1. The number of hydrogen-bond acceptors (Lipinski definition) is 4. The lowest BCUT2D eigenvalue weighted by Crippen LogP contribution is -2.42. The second-order valence-electron chi connectivity index (χ2n) is 9.38. The number of rotatable bonds is 6. The maximum absolute atomic E-state index is 12.7. The monoisotopic (exact) mass is 421 g/mol. The molecule has 31 heavy (non-hydrogen) atoms. The first-order valence-corrected chi connectivity index (χ1v) is 10.9. The molecule has 1 saturated heterocycles. The summed E-state index contributed by atoms with van der Waals surface area (Å²) < 4.78 is 7.92. The molecule has 164 valence electrons. The molecule has 2 aromatic carbocycles. The first-order valence-electron chi connectivity index (χ1n) is 10.9. The number of aliphatic hydroxyl groups excluding tert-OH is 1. The van der Waals surface area contributed by atoms with Crippen molar-refractivity contribution in [2.24, 2.45) is 0 Å². The molecule has 0 radical (unpaired) electrons. The van der Waals surface area contributed by atoms with Gasteiger partial charge in [-0.3, -0.25) is 4.79 Å². The van der Waals surface area contributed by atoms with Gasteiger partial charge in [-0.05, 0) is 51.5 Å². The number of carbonyl (C=O) groups excluding carboxylic acids is 1. The maximum atomic E-state index is 12.7. The van der Waals surface area contributed by atoms with E-state index in [2.05, 4.69) is 25.3 Å². The molecular weight excluding hydrogens is 390 g/mol. The number of hydrogen-bond donors (Lipinski definition) is 1. The first-order chi connectivity index (χ1) is 14.7. The fourth-order valence-electron chi connectivity index (χ4n) is 4.29. The SMILES string of the molecule is Cc1ccccc1OC[C@@H](O)Cn1c([C@@H]2CC(=O)N(C(C)(C)C)C2)nc2ccccc21. The summed E-state index contributed by atoms with van der Waals surface area (Å²) >= 11 is 0. The van der Waals surface area contributed by atoms with Crippen LogP contribution in [0.3, 0.4) is 0 Å². The first kappa shape index (κ1) is 21.4. The minimum Gasteiger partial charge on any atom is -0.491 e. The van der Waals surface area contributed by atoms with Gasteiger partial charge >= 0.3 is 0 Å². The number of benzene rings is 2. The zero-order chi connectivity index (χ0) is 22.2. The van der Waals surface area contributed by atoms with Gasteiger partial charge in [-0.25, -0.2) is 4.98 Å². The van der Waals surface area contributed by atoms with Gasteiger partial charge in [-0.1, -0.05) is 30.3 Å². The van der Waals surface area contributed by atoms with E-state index in [0.717, 1.165) is 28.2 Å². The van der Waals surface area contributed by atoms with E-state index in [0.29, 0.717) is 19.5 Å². The highest BCUT2D eigenvalue weighted by Gasteiger charge is 2.39. The number of aryl methyl sites for hydroxylation is 1. The molecular formula is C25H31N3O3. The van der Waals surface area contributed by atoms with E-state index >= 15 is 0 Å². The molecule has 1 N–H and O–H groups in total. The number of para-hydroxylation sites is 3. The summed E-state index contributed by atoms with van der Waals surface area (Å²) in [5, 5.41) is 10.8. The van der Waals surface area contributed by atoms with Gasteiger partial charge in [-0.2, -0.15) is 0 Å². The van der Waals surface area contributed by atoms with Gasteiger partial charge in [0, 0.05) is 24.4 Å². The van der Waals surface area contributed by atoms with Crippen LogP contribution in [0.25, 0.3) is 11.0 Å². The summed E-state index contributed by atoms with van der Waals surface area (Å²) in [6, 6.07) is 15.7. The Balaban J connectivity index is 1.57. The van der Waals surface area contributed by atoms with Gasteiger partial charge in [0.15, 0.2) is 0 Å². The van der Waals surface area contributed by atoms with Crippen molar-refractivity contribution in [3.8, 4) is 5.75 Å². The van der Waals surface area contributed by atoms with E-state index in [1.165, 1.54) is 0 Å². The van der Waals surface area contributed by atoms with Crippen molar-refractivity contribution in [1.29, 1.82) is 0 Å². The highest BCUT2D eigenvalue weighted by atomic mass is 16.5. The molecule has 6 heteroatoms. The molecule has 1 aliphatic rings. The Labute approximate surface area is 183 Å². The molecule has 0 saturated carbocycles. The molecule has 1 aliphatic heterocycles. The molecule has 0 bridgehead atoms. The van der Waals surface area contributed by atoms with Crippen LogP contribution in [0.5, 0.6) is 5.75 Å². The predicted molar refractivity (Wildman–Crippen MR) is 121 cm³/mol. The van der Waals surface area contributed by atoms with Crippen molar-refractivity contribution in [2.45, 2.75) is 58.2 Å². The molecule has 0 unspecified atom stereocenters. The Kier molecular flexibility index (Phi) is 5.75. The van der Waals surface area contributed by atoms with Crippen molar-refractivity contribution in [3.05, 3.63) is 59.9 Å². The smallest absolute Gasteiger partial charge is 0.223 e. The topological polar surface area (TPSA) is 67.6 Å². The zero-order valence-electron chi connectivity index (χ0n) is 18.7. The van der Waals surface area contributed by atoms with Gasteiger partial charge in [0.25, 0.3) is 0 Å². The molecule has 3 aromatic rings. The summed E-state index contributed by atoms with van der Waals surface area (Å²) in [6.07, 6.45) is -0.261. The average molecular weight is 422 g/mol. The number of imidazole rings is 1. The highest BCUT2D eigenvalue weighted by Crippen LogP contribution is 2.34. The minimum absolute atomic E-state index is 0.00334. The Morgan fingerprint density at radius 1 is 1.16 bits per heavy atom. The summed E-state index contributed by atoms with van der Waals surface area (Å²) in [6.45, 7) is 9.36. The van der Waals surface area contributed by atoms with E-state index in [-0.39, 0.29) is 24.0 Å². The van der Waals surface area contributed by atoms with Crippen LogP contribution in [0.4, 0.5) is 0 Å². The van der Waals surface area contributed by atoms with Crippen LogP contribution in [0, 0.1) is 6.92 Å². The van der Waals surface area contributed by atoms with Crippen LogP contribution in [0.1, 0.15) is 44.5 Å². The third-order valence-electron chi connectivity index (χ3n) is 5.90. The molecule has 0 spiro atoms. The summed E-state index contributed by atoms with van der Waals surface area (Å²) in [5.41, 5.74) is 2.67. The number of likely N-dealkylation sites (tertiary alicyclic amines) is 1. The largest absolute Gasteiger partial charge is 0.491 e. The van der Waals surface area contributed by atoms with Crippen molar-refractivity contribution in [2.75, 3.05) is 13.2 Å². The van der Waals surface area contributed by atoms with Crippen LogP contribution in [0.15, 0.2) is 48.5 Å². The molecule has 4 rings (SSSR count). The van der Waals surface area contributed by atoms with Gasteiger partial charge in [-0.15, -0.1) is 0 Å². The minimum atomic E-state index is -0.702. The number of aliphatic hydroxyl groups is 1. The van der Waals surface area contributed by atoms with E-state index in [1.807, 2.05) is 60.4 Å². The van der Waals surface area contributed by atoms with Crippen molar-refractivity contribution in [3.63, 3.8) is 0 Å². The third kappa shape index (κ3) is 4.44. The van der Waals surface area contributed by atoms with Crippen molar-refractivity contribution >= 4 is 16.9 Å². The number of aromatic nitrogens is 2. The van der Waals surface area contributed by atoms with Crippen LogP contribution in [-0.4, -0.2) is 50.3 Å². The molecule has 2 atom stereocenters. The number of amides is 1. The summed E-state index contributed by atoms with van der Waals surface area (Å²) in [5.74, 6) is 1.79. The van der Waals surface area contributed by atoms with Crippen LogP contribution < -0.4 is 4.74 Å². The van der Waals surface area contributed by atoms with Crippen LogP contribution in [0.2, 0.25) is 0 Å². The lowest BCUT2D eigenvalue weighted by atomic mass is 10.1. The molecule has 2 heterocycles. The highest BCUT2D eigenvalue weighted by molar-refractivity contribution is 5.81. The number of nitrogens with zero attached hydrogens (tertiary/aromatic N) is 3. The Morgan fingerprint density at radius 2 is 1.87 bits per heavy atom. The predicted octanol–water partition coefficient (Wildman–Crippen LogP) is 3.90. The lowest BCUT2D eigenvalue weighted by Gasteiger charge is -2.32.